The van der Waals surface area contributed by atoms with Crippen molar-refractivity contribution in [2.45, 2.75) is 52.1 Å². The quantitative estimate of drug-likeness (QED) is 0.270. The molecule has 0 aliphatic rings. The number of rotatable bonds is 8. The number of hydrogen-bond acceptors (Lipinski definition) is 4. The number of carbonyl (C=O) groups excluding carboxylic acids is 1. The van der Waals surface area contributed by atoms with Crippen molar-refractivity contribution in [2.24, 2.45) is 0 Å². The van der Waals surface area contributed by atoms with Crippen LogP contribution in [0.3, 0.4) is 0 Å². The molecule has 0 heterocycles. The smallest absolute Gasteiger partial charge is 0.303 e. The first-order chi connectivity index (χ1) is 7.06. The van der Waals surface area contributed by atoms with Gasteiger partial charge in [0.25, 0.3) is 0 Å². The van der Waals surface area contributed by atoms with Crippen molar-refractivity contribution in [1.29, 1.82) is 0 Å². The molecule has 88 valence electrons. The Balaban J connectivity index is 3.79. The summed E-state index contributed by atoms with van der Waals surface area (Å²) in [6.07, 6.45) is 4.17. The van der Waals surface area contributed by atoms with Crippen molar-refractivity contribution in [3.8, 4) is 0 Å². The molecule has 5 nitrogen and oxygen atoms in total. The second-order valence-corrected chi connectivity index (χ2v) is 3.60. The molecule has 0 unspecified atom stereocenters. The van der Waals surface area contributed by atoms with E-state index in [1.54, 1.807) is 0 Å². The second kappa shape index (κ2) is 8.20. The van der Waals surface area contributed by atoms with Crippen molar-refractivity contribution in [3.63, 3.8) is 0 Å². The summed E-state index contributed by atoms with van der Waals surface area (Å²) in [5.74, 6) is -0.447. The third kappa shape index (κ3) is 9.18. The standard InChI is InChI=1S/C10H19NO4/c1-3-4-5-6-7-10(8-11(13)14)15-9(2)12/h10H,3-8H2,1-2H3/t10-/m0/s1. The van der Waals surface area contributed by atoms with Crippen LogP contribution in [0.5, 0.6) is 0 Å². The minimum Gasteiger partial charge on any atom is -0.456 e. The number of esters is 1. The first-order valence-electron chi connectivity index (χ1n) is 5.35. The van der Waals surface area contributed by atoms with Gasteiger partial charge in [-0.25, -0.2) is 0 Å². The zero-order chi connectivity index (χ0) is 11.7. The lowest BCUT2D eigenvalue weighted by Crippen LogP contribution is -2.25. The van der Waals surface area contributed by atoms with Crippen LogP contribution in [0.1, 0.15) is 46.0 Å². The van der Waals surface area contributed by atoms with Gasteiger partial charge in [0.1, 0.15) is 0 Å². The molecule has 0 aliphatic carbocycles. The minimum atomic E-state index is -0.561. The van der Waals surface area contributed by atoms with Crippen LogP contribution in [0.15, 0.2) is 0 Å². The molecule has 0 aliphatic heterocycles. The van der Waals surface area contributed by atoms with Gasteiger partial charge in [0.2, 0.25) is 6.54 Å². The summed E-state index contributed by atoms with van der Waals surface area (Å²) in [7, 11) is 0. The van der Waals surface area contributed by atoms with E-state index in [4.69, 9.17) is 4.74 Å². The molecule has 0 amide bonds. The fourth-order valence-corrected chi connectivity index (χ4v) is 1.39. The van der Waals surface area contributed by atoms with Crippen LogP contribution in [0.25, 0.3) is 0 Å². The fraction of sp³-hybridized carbons (Fsp3) is 0.900. The minimum absolute atomic E-state index is 0.286. The molecule has 5 heteroatoms. The van der Waals surface area contributed by atoms with Gasteiger partial charge in [-0.2, -0.15) is 0 Å². The van der Waals surface area contributed by atoms with Crippen LogP contribution in [0.2, 0.25) is 0 Å². The number of hydrogen-bond donors (Lipinski definition) is 0. The Labute approximate surface area is 90.0 Å². The summed E-state index contributed by atoms with van der Waals surface area (Å²) in [5, 5.41) is 10.3. The van der Waals surface area contributed by atoms with Gasteiger partial charge in [0, 0.05) is 11.8 Å². The van der Waals surface area contributed by atoms with Crippen molar-refractivity contribution >= 4 is 5.97 Å². The fourth-order valence-electron chi connectivity index (χ4n) is 1.39. The van der Waals surface area contributed by atoms with Crippen molar-refractivity contribution in [3.05, 3.63) is 10.1 Å². The Morgan fingerprint density at radius 2 is 2.07 bits per heavy atom. The summed E-state index contributed by atoms with van der Waals surface area (Å²) in [6, 6.07) is 0. The van der Waals surface area contributed by atoms with E-state index in [0.29, 0.717) is 6.42 Å². The summed E-state index contributed by atoms with van der Waals surface area (Å²) >= 11 is 0. The molecule has 0 radical (unpaired) electrons. The first kappa shape index (κ1) is 13.9. The lowest BCUT2D eigenvalue weighted by molar-refractivity contribution is -0.490. The van der Waals surface area contributed by atoms with Crippen LogP contribution in [0, 0.1) is 10.1 Å². The van der Waals surface area contributed by atoms with Crippen molar-refractivity contribution in [1.82, 2.24) is 0 Å². The molecule has 15 heavy (non-hydrogen) atoms. The van der Waals surface area contributed by atoms with E-state index in [1.165, 1.54) is 6.92 Å². The zero-order valence-corrected chi connectivity index (χ0v) is 9.40. The van der Waals surface area contributed by atoms with Crippen LogP contribution in [0.4, 0.5) is 0 Å². The largest absolute Gasteiger partial charge is 0.456 e. The van der Waals surface area contributed by atoms with E-state index in [-0.39, 0.29) is 6.54 Å². The van der Waals surface area contributed by atoms with E-state index in [9.17, 15) is 14.9 Å². The Hall–Kier alpha value is -1.13. The van der Waals surface area contributed by atoms with Gasteiger partial charge >= 0.3 is 5.97 Å². The highest BCUT2D eigenvalue weighted by Crippen LogP contribution is 2.08. The maximum Gasteiger partial charge on any atom is 0.303 e. The maximum atomic E-state index is 10.7. The molecule has 0 rings (SSSR count). The van der Waals surface area contributed by atoms with Gasteiger partial charge in [-0.1, -0.05) is 26.2 Å². The SMILES string of the molecule is CCCCCC[C@@H](C[N+](=O)[O-])OC(C)=O. The Morgan fingerprint density at radius 3 is 2.53 bits per heavy atom. The first-order valence-corrected chi connectivity index (χ1v) is 5.35. The van der Waals surface area contributed by atoms with Crippen molar-refractivity contribution < 1.29 is 14.5 Å². The second-order valence-electron chi connectivity index (χ2n) is 3.60. The molecule has 0 N–H and O–H groups in total. The highest BCUT2D eigenvalue weighted by molar-refractivity contribution is 5.66. The average molecular weight is 217 g/mol. The molecule has 0 aromatic carbocycles. The predicted octanol–water partition coefficient (Wildman–Crippen LogP) is 2.17. The molecular weight excluding hydrogens is 198 g/mol. The Kier molecular flexibility index (Phi) is 7.58. The Bertz CT molecular complexity index is 190. The summed E-state index contributed by atoms with van der Waals surface area (Å²) in [4.78, 5) is 20.5. The zero-order valence-electron chi connectivity index (χ0n) is 9.40. The summed E-state index contributed by atoms with van der Waals surface area (Å²) in [6.45, 7) is 3.09. The third-order valence-electron chi connectivity index (χ3n) is 2.06. The Morgan fingerprint density at radius 1 is 1.40 bits per heavy atom. The van der Waals surface area contributed by atoms with E-state index < -0.39 is 17.0 Å². The number of nitro groups is 1. The third-order valence-corrected chi connectivity index (χ3v) is 2.06. The van der Waals surface area contributed by atoms with Crippen LogP contribution < -0.4 is 0 Å². The van der Waals surface area contributed by atoms with E-state index >= 15 is 0 Å². The normalized spacial score (nSPS) is 12.1. The topological polar surface area (TPSA) is 69.4 Å². The van der Waals surface area contributed by atoms with Crippen molar-refractivity contribution in [2.75, 3.05) is 6.54 Å². The van der Waals surface area contributed by atoms with Gasteiger partial charge in [0.05, 0.1) is 0 Å². The van der Waals surface area contributed by atoms with E-state index in [2.05, 4.69) is 6.92 Å². The molecular formula is C10H19NO4. The number of carbonyl (C=O) groups is 1. The number of nitrogens with zero attached hydrogens (tertiary/aromatic N) is 1. The van der Waals surface area contributed by atoms with Crippen LogP contribution >= 0.6 is 0 Å². The van der Waals surface area contributed by atoms with Gasteiger partial charge in [-0.05, 0) is 12.8 Å². The van der Waals surface area contributed by atoms with Crippen LogP contribution in [-0.2, 0) is 9.53 Å². The summed E-state index contributed by atoms with van der Waals surface area (Å²) in [5.41, 5.74) is 0. The highest BCUT2D eigenvalue weighted by Gasteiger charge is 2.17. The predicted molar refractivity (Wildman–Crippen MR) is 56.2 cm³/mol. The maximum absolute atomic E-state index is 10.7. The average Bonchev–Trinajstić information content (AvgIpc) is 2.10. The van der Waals surface area contributed by atoms with E-state index in [0.717, 1.165) is 25.7 Å². The van der Waals surface area contributed by atoms with Gasteiger partial charge < -0.3 is 4.74 Å². The van der Waals surface area contributed by atoms with Gasteiger partial charge in [-0.15, -0.1) is 0 Å². The molecule has 0 saturated heterocycles. The highest BCUT2D eigenvalue weighted by atomic mass is 16.6. The monoisotopic (exact) mass is 217 g/mol. The number of ether oxygens (including phenoxy) is 1. The lowest BCUT2D eigenvalue weighted by atomic mass is 10.1. The molecule has 0 aromatic rings. The molecule has 1 atom stereocenters. The molecule has 0 saturated carbocycles. The number of unbranched alkanes of at least 4 members (excludes halogenated alkanes) is 3. The van der Waals surface area contributed by atoms with Crippen LogP contribution in [-0.4, -0.2) is 23.5 Å². The molecule has 0 spiro atoms. The van der Waals surface area contributed by atoms with Gasteiger partial charge in [-0.3, -0.25) is 14.9 Å². The summed E-state index contributed by atoms with van der Waals surface area (Å²) < 4.78 is 4.86. The molecule has 0 aromatic heterocycles. The lowest BCUT2D eigenvalue weighted by Gasteiger charge is -2.12. The van der Waals surface area contributed by atoms with E-state index in [1.807, 2.05) is 0 Å². The molecule has 0 bridgehead atoms. The molecule has 0 fully saturated rings. The van der Waals surface area contributed by atoms with Gasteiger partial charge in [0.15, 0.2) is 6.10 Å².